The molecule has 0 spiro atoms. The van der Waals surface area contributed by atoms with Gasteiger partial charge in [-0.3, -0.25) is 0 Å². The van der Waals surface area contributed by atoms with E-state index in [2.05, 4.69) is 10.3 Å². The molecule has 110 valence electrons. The molecule has 0 amide bonds. The zero-order chi connectivity index (χ0) is 14.7. The second kappa shape index (κ2) is 6.33. The van der Waals surface area contributed by atoms with Crippen LogP contribution in [0.5, 0.6) is 17.4 Å². The smallest absolute Gasteiger partial charge is 0.219 e. The number of nitrogens with zero attached hydrogens (tertiary/aromatic N) is 1. The van der Waals surface area contributed by atoms with Crippen molar-refractivity contribution in [1.82, 2.24) is 10.3 Å². The number of ether oxygens (including phenoxy) is 2. The number of rotatable bonds is 6. The minimum Gasteiger partial charge on any atom is -0.497 e. The van der Waals surface area contributed by atoms with E-state index in [-0.39, 0.29) is 0 Å². The summed E-state index contributed by atoms with van der Waals surface area (Å²) in [5, 5.41) is 4.09. The number of aromatic nitrogens is 1. The minimum atomic E-state index is 0.539. The molecule has 1 fully saturated rings. The zero-order valence-corrected chi connectivity index (χ0v) is 12.6. The lowest BCUT2D eigenvalue weighted by Crippen LogP contribution is -2.15. The number of nitrogens with one attached hydrogen (secondary N) is 1. The number of hydrogen-bond donors (Lipinski definition) is 1. The summed E-state index contributed by atoms with van der Waals surface area (Å²) in [6.45, 7) is 0.741. The summed E-state index contributed by atoms with van der Waals surface area (Å²) in [6, 6.07) is 9.90. The van der Waals surface area contributed by atoms with E-state index < -0.39 is 0 Å². The summed E-state index contributed by atoms with van der Waals surface area (Å²) in [5.41, 5.74) is 1.00. The summed E-state index contributed by atoms with van der Waals surface area (Å²) in [6.07, 6.45) is 4.13. The van der Waals surface area contributed by atoms with Gasteiger partial charge >= 0.3 is 0 Å². The molecule has 1 N–H and O–H groups in total. The molecule has 1 aliphatic rings. The normalized spacial score (nSPS) is 14.0. The highest BCUT2D eigenvalue weighted by Crippen LogP contribution is 2.26. The van der Waals surface area contributed by atoms with Gasteiger partial charge in [-0.25, -0.2) is 4.98 Å². The number of halogens is 1. The Bertz CT molecular complexity index is 612. The fourth-order valence-electron chi connectivity index (χ4n) is 1.96. The number of hydrogen-bond acceptors (Lipinski definition) is 4. The fraction of sp³-hybridized carbons (Fsp3) is 0.312. The van der Waals surface area contributed by atoms with E-state index in [0.717, 1.165) is 17.9 Å². The van der Waals surface area contributed by atoms with Gasteiger partial charge in [-0.1, -0.05) is 11.6 Å². The lowest BCUT2D eigenvalue weighted by molar-refractivity contribution is 0.412. The molecule has 0 radical (unpaired) electrons. The summed E-state index contributed by atoms with van der Waals surface area (Å²) in [4.78, 5) is 4.21. The molecule has 1 aliphatic carbocycles. The Morgan fingerprint density at radius 2 is 1.95 bits per heavy atom. The first-order chi connectivity index (χ1) is 10.2. The predicted molar refractivity (Wildman–Crippen MR) is 82.2 cm³/mol. The molecular formula is C16H17ClN2O2. The number of benzene rings is 1. The van der Waals surface area contributed by atoms with Crippen LogP contribution < -0.4 is 14.8 Å². The molecule has 0 unspecified atom stereocenters. The van der Waals surface area contributed by atoms with Gasteiger partial charge < -0.3 is 14.8 Å². The second-order valence-corrected chi connectivity index (χ2v) is 5.45. The van der Waals surface area contributed by atoms with Crippen LogP contribution in [0, 0.1) is 0 Å². The highest BCUT2D eigenvalue weighted by molar-refractivity contribution is 6.31. The fourth-order valence-corrected chi connectivity index (χ4v) is 2.13. The van der Waals surface area contributed by atoms with Gasteiger partial charge in [-0.05, 0) is 42.7 Å². The molecule has 5 heteroatoms. The van der Waals surface area contributed by atoms with Gasteiger partial charge in [0.05, 0.1) is 12.1 Å². The van der Waals surface area contributed by atoms with Crippen molar-refractivity contribution in [2.45, 2.75) is 25.4 Å². The van der Waals surface area contributed by atoms with Crippen molar-refractivity contribution in [3.05, 3.63) is 47.1 Å². The monoisotopic (exact) mass is 304 g/mol. The Kier molecular flexibility index (Phi) is 4.27. The van der Waals surface area contributed by atoms with Gasteiger partial charge in [-0.2, -0.15) is 0 Å². The number of pyridine rings is 1. The van der Waals surface area contributed by atoms with Gasteiger partial charge in [0.15, 0.2) is 0 Å². The van der Waals surface area contributed by atoms with E-state index in [1.54, 1.807) is 13.3 Å². The van der Waals surface area contributed by atoms with Gasteiger partial charge in [0.1, 0.15) is 11.5 Å². The summed E-state index contributed by atoms with van der Waals surface area (Å²) in [7, 11) is 1.63. The molecule has 0 aliphatic heterocycles. The Hall–Kier alpha value is -1.78. The maximum absolute atomic E-state index is 6.17. The van der Waals surface area contributed by atoms with E-state index in [4.69, 9.17) is 21.1 Å². The van der Waals surface area contributed by atoms with E-state index >= 15 is 0 Å². The van der Waals surface area contributed by atoms with Crippen LogP contribution in [-0.2, 0) is 6.54 Å². The van der Waals surface area contributed by atoms with Crippen LogP contribution in [0.3, 0.4) is 0 Å². The van der Waals surface area contributed by atoms with E-state index in [9.17, 15) is 0 Å². The van der Waals surface area contributed by atoms with Crippen LogP contribution in [0.25, 0.3) is 0 Å². The molecule has 1 heterocycles. The maximum atomic E-state index is 6.17. The van der Waals surface area contributed by atoms with Gasteiger partial charge in [-0.15, -0.1) is 0 Å². The Balaban J connectivity index is 1.69. The highest BCUT2D eigenvalue weighted by Gasteiger charge is 2.20. The molecule has 21 heavy (non-hydrogen) atoms. The molecule has 4 nitrogen and oxygen atoms in total. The Morgan fingerprint density at radius 1 is 1.24 bits per heavy atom. The topological polar surface area (TPSA) is 43.4 Å². The molecule has 0 bridgehead atoms. The third-order valence-electron chi connectivity index (χ3n) is 3.35. The molecule has 0 atom stereocenters. The van der Waals surface area contributed by atoms with Gasteiger partial charge in [0.2, 0.25) is 5.88 Å². The van der Waals surface area contributed by atoms with Crippen LogP contribution in [-0.4, -0.2) is 18.1 Å². The van der Waals surface area contributed by atoms with E-state index in [1.165, 1.54) is 12.8 Å². The standard InChI is InChI=1S/C16H17ClN2O2/c1-20-13-4-6-14(7-5-13)21-16-8-11(15(17)10-19-16)9-18-12-2-3-12/h4-8,10,12,18H,2-3,9H2,1H3. The molecular weight excluding hydrogens is 288 g/mol. The van der Waals surface area contributed by atoms with Crippen molar-refractivity contribution in [2.75, 3.05) is 7.11 Å². The molecule has 3 rings (SSSR count). The summed E-state index contributed by atoms with van der Waals surface area (Å²) < 4.78 is 10.9. The van der Waals surface area contributed by atoms with Gasteiger partial charge in [0.25, 0.3) is 0 Å². The van der Waals surface area contributed by atoms with Crippen molar-refractivity contribution in [3.63, 3.8) is 0 Å². The van der Waals surface area contributed by atoms with Crippen LogP contribution in [0.15, 0.2) is 36.5 Å². The van der Waals surface area contributed by atoms with Crippen molar-refractivity contribution < 1.29 is 9.47 Å². The third kappa shape index (κ3) is 3.86. The van der Waals surface area contributed by atoms with Crippen molar-refractivity contribution in [3.8, 4) is 17.4 Å². The van der Waals surface area contributed by atoms with E-state index in [0.29, 0.717) is 22.7 Å². The SMILES string of the molecule is COc1ccc(Oc2cc(CNC3CC3)c(Cl)cn2)cc1. The van der Waals surface area contributed by atoms with Crippen molar-refractivity contribution in [2.24, 2.45) is 0 Å². The molecule has 1 aromatic heterocycles. The number of methoxy groups -OCH3 is 1. The Labute approximate surface area is 129 Å². The summed E-state index contributed by atoms with van der Waals surface area (Å²) >= 11 is 6.17. The molecule has 0 saturated heterocycles. The lowest BCUT2D eigenvalue weighted by atomic mass is 10.2. The second-order valence-electron chi connectivity index (χ2n) is 5.05. The predicted octanol–water partition coefficient (Wildman–Crippen LogP) is 3.79. The Morgan fingerprint density at radius 3 is 2.62 bits per heavy atom. The van der Waals surface area contributed by atoms with Crippen LogP contribution in [0.4, 0.5) is 0 Å². The first kappa shape index (κ1) is 14.2. The van der Waals surface area contributed by atoms with Crippen LogP contribution >= 0.6 is 11.6 Å². The first-order valence-corrected chi connectivity index (χ1v) is 7.32. The minimum absolute atomic E-state index is 0.539. The third-order valence-corrected chi connectivity index (χ3v) is 3.69. The van der Waals surface area contributed by atoms with Gasteiger partial charge in [0, 0.05) is 24.8 Å². The molecule has 1 saturated carbocycles. The first-order valence-electron chi connectivity index (χ1n) is 6.94. The van der Waals surface area contributed by atoms with Crippen LogP contribution in [0.2, 0.25) is 5.02 Å². The van der Waals surface area contributed by atoms with Crippen LogP contribution in [0.1, 0.15) is 18.4 Å². The summed E-state index contributed by atoms with van der Waals surface area (Å²) in [5.74, 6) is 2.05. The molecule has 2 aromatic rings. The molecule has 1 aromatic carbocycles. The van der Waals surface area contributed by atoms with Crippen molar-refractivity contribution in [1.29, 1.82) is 0 Å². The average molecular weight is 305 g/mol. The van der Waals surface area contributed by atoms with E-state index in [1.807, 2.05) is 30.3 Å². The highest BCUT2D eigenvalue weighted by atomic mass is 35.5. The average Bonchev–Trinajstić information content (AvgIpc) is 3.33. The quantitative estimate of drug-likeness (QED) is 0.882. The lowest BCUT2D eigenvalue weighted by Gasteiger charge is -2.09. The zero-order valence-electron chi connectivity index (χ0n) is 11.8. The largest absolute Gasteiger partial charge is 0.497 e. The van der Waals surface area contributed by atoms with Crippen molar-refractivity contribution >= 4 is 11.6 Å². The maximum Gasteiger partial charge on any atom is 0.219 e.